The largest absolute Gasteiger partial charge is 0.359 e. The monoisotopic (exact) mass is 477 g/mol. The van der Waals surface area contributed by atoms with Crippen LogP contribution >= 0.6 is 0 Å². The topological polar surface area (TPSA) is 29.1 Å². The van der Waals surface area contributed by atoms with Gasteiger partial charge in [0, 0.05) is 6.54 Å². The van der Waals surface area contributed by atoms with Crippen LogP contribution in [0.3, 0.4) is 0 Å². The van der Waals surface area contributed by atoms with Crippen molar-refractivity contribution in [3.05, 3.63) is 12.2 Å². The maximum Gasteiger partial charge on any atom is 0.207 e. The number of carbonyl (C=O) groups is 1. The summed E-state index contributed by atoms with van der Waals surface area (Å²) < 4.78 is 0. The molecule has 2 nitrogen and oxygen atoms in total. The van der Waals surface area contributed by atoms with Crippen LogP contribution in [0.1, 0.15) is 180 Å². The molecule has 0 aliphatic heterocycles. The van der Waals surface area contributed by atoms with E-state index < -0.39 is 0 Å². The lowest BCUT2D eigenvalue weighted by Crippen LogP contribution is -2.11. The molecule has 2 heteroatoms. The first-order valence-corrected chi connectivity index (χ1v) is 15.7. The minimum atomic E-state index is 0.799. The fraction of sp³-hybridized carbons (Fsp3) is 0.906. The molecule has 0 fully saturated rings. The summed E-state index contributed by atoms with van der Waals surface area (Å²) in [5, 5.41) is 2.73. The lowest BCUT2D eigenvalue weighted by atomic mass is 10.0. The first-order chi connectivity index (χ1) is 16.9. The zero-order chi connectivity index (χ0) is 24.6. The Bertz CT molecular complexity index is 392. The Morgan fingerprint density at radius 2 is 0.706 bits per heavy atom. The van der Waals surface area contributed by atoms with Crippen LogP contribution in [0, 0.1) is 0 Å². The van der Waals surface area contributed by atoms with E-state index in [9.17, 15) is 4.79 Å². The molecule has 0 radical (unpaired) electrons. The van der Waals surface area contributed by atoms with Gasteiger partial charge in [0.1, 0.15) is 0 Å². The fourth-order valence-corrected chi connectivity index (χ4v) is 4.83. The van der Waals surface area contributed by atoms with Gasteiger partial charge in [-0.05, 0) is 32.1 Å². The SMILES string of the molecule is CCCCCCCCCCCCCCCCCCCCC/C=C\CCCCCCCCNC=O. The number of rotatable bonds is 30. The lowest BCUT2D eigenvalue weighted by Gasteiger charge is -2.04. The highest BCUT2D eigenvalue weighted by Gasteiger charge is 1.95. The van der Waals surface area contributed by atoms with Crippen LogP contribution in [0.4, 0.5) is 0 Å². The molecular weight excluding hydrogens is 414 g/mol. The van der Waals surface area contributed by atoms with Crippen molar-refractivity contribution in [1.29, 1.82) is 0 Å². The Morgan fingerprint density at radius 1 is 0.412 bits per heavy atom. The van der Waals surface area contributed by atoms with Crippen molar-refractivity contribution in [3.8, 4) is 0 Å². The molecule has 34 heavy (non-hydrogen) atoms. The van der Waals surface area contributed by atoms with Gasteiger partial charge in [-0.15, -0.1) is 0 Å². The summed E-state index contributed by atoms with van der Waals surface area (Å²) >= 11 is 0. The maximum absolute atomic E-state index is 10.1. The standard InChI is InChI=1S/C32H63NO/c1-2-3-4-5-6-7-8-9-10-11-12-13-14-15-16-17-18-19-20-21-22-23-24-25-26-27-28-29-30-31-33-32-34/h22-23,32H,2-21,24-31H2,1H3,(H,33,34)/b23-22-. The van der Waals surface area contributed by atoms with E-state index in [1.165, 1.54) is 167 Å². The lowest BCUT2D eigenvalue weighted by molar-refractivity contribution is -0.109. The summed E-state index contributed by atoms with van der Waals surface area (Å²) in [7, 11) is 0. The molecule has 0 aromatic carbocycles. The zero-order valence-corrected chi connectivity index (χ0v) is 23.4. The van der Waals surface area contributed by atoms with E-state index in [4.69, 9.17) is 0 Å². The average molecular weight is 478 g/mol. The summed E-state index contributed by atoms with van der Waals surface area (Å²) in [6.07, 6.45) is 43.5. The molecule has 202 valence electrons. The highest BCUT2D eigenvalue weighted by atomic mass is 16.1. The molecule has 0 heterocycles. The van der Waals surface area contributed by atoms with E-state index in [2.05, 4.69) is 24.4 Å². The van der Waals surface area contributed by atoms with E-state index in [0.29, 0.717) is 0 Å². The van der Waals surface area contributed by atoms with Gasteiger partial charge in [0.2, 0.25) is 6.41 Å². The third kappa shape index (κ3) is 31.2. The number of carbonyl (C=O) groups excluding carboxylic acids is 1. The summed E-state index contributed by atoms with van der Waals surface area (Å²) in [6, 6.07) is 0. The van der Waals surface area contributed by atoms with Crippen molar-refractivity contribution in [3.63, 3.8) is 0 Å². The molecule has 0 rings (SSSR count). The predicted molar refractivity (Wildman–Crippen MR) is 154 cm³/mol. The smallest absolute Gasteiger partial charge is 0.207 e. The van der Waals surface area contributed by atoms with E-state index in [1.54, 1.807) is 0 Å². The van der Waals surface area contributed by atoms with E-state index in [0.717, 1.165) is 19.4 Å². The molecule has 0 saturated heterocycles. The van der Waals surface area contributed by atoms with E-state index in [1.807, 2.05) is 0 Å². The van der Waals surface area contributed by atoms with Crippen molar-refractivity contribution in [1.82, 2.24) is 5.32 Å². The van der Waals surface area contributed by atoms with Crippen LogP contribution in [0.5, 0.6) is 0 Å². The van der Waals surface area contributed by atoms with Gasteiger partial charge >= 0.3 is 0 Å². The first kappa shape index (κ1) is 33.2. The second kappa shape index (κ2) is 32.2. The number of allylic oxidation sites excluding steroid dienone is 2. The second-order valence-corrected chi connectivity index (χ2v) is 10.6. The number of amides is 1. The minimum absolute atomic E-state index is 0.799. The quantitative estimate of drug-likeness (QED) is 0.0622. The Kier molecular flexibility index (Phi) is 31.5. The molecule has 0 atom stereocenters. The van der Waals surface area contributed by atoms with Gasteiger partial charge in [0.05, 0.1) is 0 Å². The minimum Gasteiger partial charge on any atom is -0.359 e. The molecule has 0 saturated carbocycles. The van der Waals surface area contributed by atoms with Crippen LogP contribution in [0.25, 0.3) is 0 Å². The third-order valence-corrected chi connectivity index (χ3v) is 7.17. The molecule has 0 spiro atoms. The predicted octanol–water partition coefficient (Wildman–Crippen LogP) is 10.8. The van der Waals surface area contributed by atoms with Crippen molar-refractivity contribution in [2.75, 3.05) is 6.54 Å². The Labute approximate surface area is 215 Å². The Balaban J connectivity index is 3.06. The normalized spacial score (nSPS) is 11.4. The maximum atomic E-state index is 10.1. The van der Waals surface area contributed by atoms with Gasteiger partial charge in [-0.25, -0.2) is 0 Å². The van der Waals surface area contributed by atoms with Crippen LogP contribution in [0.15, 0.2) is 12.2 Å². The summed E-state index contributed by atoms with van der Waals surface area (Å²) in [5.41, 5.74) is 0. The highest BCUT2D eigenvalue weighted by molar-refractivity contribution is 5.45. The summed E-state index contributed by atoms with van der Waals surface area (Å²) in [6.45, 7) is 3.14. The van der Waals surface area contributed by atoms with E-state index in [-0.39, 0.29) is 0 Å². The molecule has 0 aromatic rings. The molecular formula is C32H63NO. The summed E-state index contributed by atoms with van der Waals surface area (Å²) in [4.78, 5) is 10.1. The third-order valence-electron chi connectivity index (χ3n) is 7.17. The average Bonchev–Trinajstić information content (AvgIpc) is 2.85. The van der Waals surface area contributed by atoms with Crippen LogP contribution in [-0.4, -0.2) is 13.0 Å². The van der Waals surface area contributed by atoms with Gasteiger partial charge in [0.25, 0.3) is 0 Å². The molecule has 1 amide bonds. The molecule has 0 bridgehead atoms. The van der Waals surface area contributed by atoms with Gasteiger partial charge in [-0.1, -0.05) is 160 Å². The number of hydrogen-bond acceptors (Lipinski definition) is 1. The Hall–Kier alpha value is -0.790. The fourth-order valence-electron chi connectivity index (χ4n) is 4.83. The molecule has 0 aliphatic carbocycles. The van der Waals surface area contributed by atoms with Gasteiger partial charge < -0.3 is 5.32 Å². The Morgan fingerprint density at radius 3 is 1.03 bits per heavy atom. The molecule has 0 unspecified atom stereocenters. The number of unbranched alkanes of at least 4 members (excludes halogenated alkanes) is 25. The van der Waals surface area contributed by atoms with Crippen LogP contribution in [-0.2, 0) is 4.79 Å². The first-order valence-electron chi connectivity index (χ1n) is 15.7. The van der Waals surface area contributed by atoms with Crippen LogP contribution < -0.4 is 5.32 Å². The van der Waals surface area contributed by atoms with Crippen molar-refractivity contribution < 1.29 is 4.79 Å². The van der Waals surface area contributed by atoms with Crippen molar-refractivity contribution in [2.24, 2.45) is 0 Å². The van der Waals surface area contributed by atoms with Crippen LogP contribution in [0.2, 0.25) is 0 Å². The van der Waals surface area contributed by atoms with E-state index >= 15 is 0 Å². The molecule has 1 N–H and O–H groups in total. The second-order valence-electron chi connectivity index (χ2n) is 10.6. The van der Waals surface area contributed by atoms with Crippen molar-refractivity contribution >= 4 is 6.41 Å². The number of nitrogens with one attached hydrogen (secondary N) is 1. The van der Waals surface area contributed by atoms with Gasteiger partial charge in [-0.2, -0.15) is 0 Å². The molecule has 0 aliphatic rings. The number of hydrogen-bond donors (Lipinski definition) is 1. The zero-order valence-electron chi connectivity index (χ0n) is 23.4. The molecule has 0 aromatic heterocycles. The van der Waals surface area contributed by atoms with Gasteiger partial charge in [0.15, 0.2) is 0 Å². The highest BCUT2D eigenvalue weighted by Crippen LogP contribution is 2.15. The van der Waals surface area contributed by atoms with Gasteiger partial charge in [-0.3, -0.25) is 4.79 Å². The summed E-state index contributed by atoms with van der Waals surface area (Å²) in [5.74, 6) is 0. The van der Waals surface area contributed by atoms with Crippen molar-refractivity contribution in [2.45, 2.75) is 180 Å².